The molecule has 0 amide bonds. The quantitative estimate of drug-likeness (QED) is 0.793. The molecular formula is C15H13F4N. The normalized spacial score (nSPS) is 10.9. The maximum atomic E-state index is 13.6. The van der Waals surface area contributed by atoms with Crippen molar-refractivity contribution in [3.8, 4) is 0 Å². The van der Waals surface area contributed by atoms with Gasteiger partial charge in [0.25, 0.3) is 6.43 Å². The van der Waals surface area contributed by atoms with Crippen LogP contribution in [-0.4, -0.2) is 0 Å². The van der Waals surface area contributed by atoms with E-state index in [-0.39, 0.29) is 23.4 Å². The first-order valence-corrected chi connectivity index (χ1v) is 6.04. The van der Waals surface area contributed by atoms with Crippen LogP contribution in [0.1, 0.15) is 23.1 Å². The molecule has 0 fully saturated rings. The summed E-state index contributed by atoms with van der Waals surface area (Å²) in [6.45, 7) is 1.70. The van der Waals surface area contributed by atoms with Crippen LogP contribution in [0.3, 0.4) is 0 Å². The summed E-state index contributed by atoms with van der Waals surface area (Å²) in [7, 11) is 0. The molecule has 0 radical (unpaired) electrons. The van der Waals surface area contributed by atoms with Gasteiger partial charge in [-0.05, 0) is 24.1 Å². The summed E-state index contributed by atoms with van der Waals surface area (Å²) in [5.41, 5.74) is 0.913. The Balaban J connectivity index is 2.07. The molecule has 0 unspecified atom stereocenters. The summed E-state index contributed by atoms with van der Waals surface area (Å²) in [4.78, 5) is 0. The van der Waals surface area contributed by atoms with Crippen molar-refractivity contribution in [2.75, 3.05) is 5.32 Å². The third-order valence-corrected chi connectivity index (χ3v) is 2.96. The second-order valence-electron chi connectivity index (χ2n) is 4.48. The number of halogens is 4. The Kier molecular flexibility index (Phi) is 4.27. The molecular weight excluding hydrogens is 270 g/mol. The minimum Gasteiger partial charge on any atom is -0.379 e. The van der Waals surface area contributed by atoms with E-state index in [1.807, 2.05) is 0 Å². The molecule has 2 aromatic rings. The molecule has 2 aromatic carbocycles. The van der Waals surface area contributed by atoms with Crippen molar-refractivity contribution in [3.05, 3.63) is 64.7 Å². The average Bonchev–Trinajstić information content (AvgIpc) is 2.42. The van der Waals surface area contributed by atoms with Crippen LogP contribution in [0, 0.1) is 18.6 Å². The fourth-order valence-corrected chi connectivity index (χ4v) is 1.76. The largest absolute Gasteiger partial charge is 0.379 e. The van der Waals surface area contributed by atoms with Gasteiger partial charge in [-0.2, -0.15) is 0 Å². The van der Waals surface area contributed by atoms with Gasteiger partial charge in [0.2, 0.25) is 0 Å². The van der Waals surface area contributed by atoms with Crippen LogP contribution in [-0.2, 0) is 6.54 Å². The molecule has 0 aliphatic heterocycles. The monoisotopic (exact) mass is 283 g/mol. The second-order valence-corrected chi connectivity index (χ2v) is 4.48. The van der Waals surface area contributed by atoms with E-state index < -0.39 is 18.1 Å². The van der Waals surface area contributed by atoms with Crippen molar-refractivity contribution in [2.45, 2.75) is 19.9 Å². The van der Waals surface area contributed by atoms with Gasteiger partial charge >= 0.3 is 0 Å². The zero-order valence-electron chi connectivity index (χ0n) is 10.8. The van der Waals surface area contributed by atoms with Crippen molar-refractivity contribution in [1.29, 1.82) is 0 Å². The first-order valence-electron chi connectivity index (χ1n) is 6.04. The second kappa shape index (κ2) is 5.94. The average molecular weight is 283 g/mol. The summed E-state index contributed by atoms with van der Waals surface area (Å²) in [6.07, 6.45) is -2.51. The van der Waals surface area contributed by atoms with Gasteiger partial charge in [0.05, 0.1) is 5.69 Å². The van der Waals surface area contributed by atoms with Gasteiger partial charge in [0.1, 0.15) is 11.6 Å². The lowest BCUT2D eigenvalue weighted by atomic mass is 10.1. The molecule has 0 saturated carbocycles. The van der Waals surface area contributed by atoms with Crippen molar-refractivity contribution in [2.24, 2.45) is 0 Å². The Hall–Kier alpha value is -2.04. The summed E-state index contributed by atoms with van der Waals surface area (Å²) in [5.74, 6) is -1.05. The third kappa shape index (κ3) is 3.29. The Labute approximate surface area is 114 Å². The lowest BCUT2D eigenvalue weighted by molar-refractivity contribution is 0.151. The lowest BCUT2D eigenvalue weighted by Crippen LogP contribution is -2.03. The van der Waals surface area contributed by atoms with Gasteiger partial charge in [-0.25, -0.2) is 17.6 Å². The van der Waals surface area contributed by atoms with Crippen LogP contribution in [0.5, 0.6) is 0 Å². The molecule has 2 rings (SSSR count). The first-order chi connectivity index (χ1) is 9.47. The standard InChI is InChI=1S/C15H13F4N/c1-9-6-13(17)14(7-12(9)16)20-8-10-2-4-11(5-3-10)15(18)19/h2-7,15,20H,8H2,1H3. The van der Waals surface area contributed by atoms with Gasteiger partial charge in [0, 0.05) is 18.2 Å². The number of alkyl halides is 2. The summed E-state index contributed by atoms with van der Waals surface area (Å²) < 4.78 is 51.7. The zero-order valence-corrected chi connectivity index (χ0v) is 10.8. The van der Waals surface area contributed by atoms with Gasteiger partial charge in [-0.1, -0.05) is 24.3 Å². The van der Waals surface area contributed by atoms with E-state index in [4.69, 9.17) is 0 Å². The van der Waals surface area contributed by atoms with Crippen LogP contribution in [0.15, 0.2) is 36.4 Å². The number of benzene rings is 2. The van der Waals surface area contributed by atoms with Crippen molar-refractivity contribution in [1.82, 2.24) is 0 Å². The number of aryl methyl sites for hydroxylation is 1. The van der Waals surface area contributed by atoms with Crippen molar-refractivity contribution in [3.63, 3.8) is 0 Å². The summed E-state index contributed by atoms with van der Waals surface area (Å²) in [5, 5.41) is 2.74. The van der Waals surface area contributed by atoms with Crippen LogP contribution < -0.4 is 5.32 Å². The molecule has 0 heterocycles. The Morgan fingerprint density at radius 1 is 1.00 bits per heavy atom. The van der Waals surface area contributed by atoms with Crippen molar-refractivity contribution < 1.29 is 17.6 Å². The molecule has 0 saturated heterocycles. The number of nitrogens with one attached hydrogen (secondary N) is 1. The Morgan fingerprint density at radius 3 is 2.25 bits per heavy atom. The van der Waals surface area contributed by atoms with Gasteiger partial charge in [0.15, 0.2) is 0 Å². The molecule has 20 heavy (non-hydrogen) atoms. The topological polar surface area (TPSA) is 12.0 Å². The minimum absolute atomic E-state index is 0.0473. The SMILES string of the molecule is Cc1cc(F)c(NCc2ccc(C(F)F)cc2)cc1F. The van der Waals surface area contributed by atoms with E-state index in [0.717, 1.165) is 12.1 Å². The smallest absolute Gasteiger partial charge is 0.263 e. The van der Waals surface area contributed by atoms with Crippen LogP contribution in [0.25, 0.3) is 0 Å². The van der Waals surface area contributed by atoms with E-state index in [0.29, 0.717) is 5.56 Å². The minimum atomic E-state index is -2.51. The molecule has 0 atom stereocenters. The van der Waals surface area contributed by atoms with Gasteiger partial charge in [-0.15, -0.1) is 0 Å². The predicted molar refractivity (Wildman–Crippen MR) is 69.8 cm³/mol. The van der Waals surface area contributed by atoms with Crippen LogP contribution >= 0.6 is 0 Å². The molecule has 0 aromatic heterocycles. The molecule has 0 bridgehead atoms. The van der Waals surface area contributed by atoms with E-state index in [1.165, 1.54) is 31.2 Å². The number of anilines is 1. The lowest BCUT2D eigenvalue weighted by Gasteiger charge is -2.09. The van der Waals surface area contributed by atoms with E-state index in [1.54, 1.807) is 0 Å². The van der Waals surface area contributed by atoms with E-state index in [2.05, 4.69) is 5.32 Å². The van der Waals surface area contributed by atoms with E-state index >= 15 is 0 Å². The number of hydrogen-bond donors (Lipinski definition) is 1. The third-order valence-electron chi connectivity index (χ3n) is 2.96. The van der Waals surface area contributed by atoms with Gasteiger partial charge in [-0.3, -0.25) is 0 Å². The highest BCUT2D eigenvalue weighted by molar-refractivity contribution is 5.47. The first kappa shape index (κ1) is 14.4. The molecule has 1 nitrogen and oxygen atoms in total. The highest BCUT2D eigenvalue weighted by Gasteiger charge is 2.08. The molecule has 0 spiro atoms. The molecule has 5 heteroatoms. The van der Waals surface area contributed by atoms with Gasteiger partial charge < -0.3 is 5.32 Å². The fourth-order valence-electron chi connectivity index (χ4n) is 1.76. The fraction of sp³-hybridized carbons (Fsp3) is 0.200. The van der Waals surface area contributed by atoms with E-state index in [9.17, 15) is 17.6 Å². The van der Waals surface area contributed by atoms with Crippen molar-refractivity contribution >= 4 is 5.69 Å². The zero-order chi connectivity index (χ0) is 14.7. The summed E-state index contributed by atoms with van der Waals surface area (Å²) in [6, 6.07) is 7.87. The Morgan fingerprint density at radius 2 is 1.65 bits per heavy atom. The molecule has 1 N–H and O–H groups in total. The highest BCUT2D eigenvalue weighted by atomic mass is 19.3. The van der Waals surface area contributed by atoms with Crippen LogP contribution in [0.4, 0.5) is 23.2 Å². The maximum absolute atomic E-state index is 13.6. The molecule has 0 aliphatic rings. The van der Waals surface area contributed by atoms with Crippen LogP contribution in [0.2, 0.25) is 0 Å². The highest BCUT2D eigenvalue weighted by Crippen LogP contribution is 2.21. The number of rotatable bonds is 4. The number of hydrogen-bond acceptors (Lipinski definition) is 1. The molecule has 0 aliphatic carbocycles. The Bertz CT molecular complexity index is 594. The molecule has 106 valence electrons. The maximum Gasteiger partial charge on any atom is 0.263 e. The predicted octanol–water partition coefficient (Wildman–Crippen LogP) is 4.82. The summed E-state index contributed by atoms with van der Waals surface area (Å²) >= 11 is 0.